The molecule has 1 aromatic rings. The summed E-state index contributed by atoms with van der Waals surface area (Å²) in [4.78, 5) is 12.2. The van der Waals surface area contributed by atoms with Crippen molar-refractivity contribution in [3.05, 3.63) is 35.9 Å². The van der Waals surface area contributed by atoms with E-state index in [1.165, 1.54) is 44.8 Å². The van der Waals surface area contributed by atoms with Crippen molar-refractivity contribution in [2.45, 2.75) is 43.9 Å². The van der Waals surface area contributed by atoms with Crippen molar-refractivity contribution in [3.8, 4) is 0 Å². The second-order valence-electron chi connectivity index (χ2n) is 7.46. The van der Waals surface area contributed by atoms with Crippen LogP contribution in [0.1, 0.15) is 44.1 Å². The molecule has 0 saturated heterocycles. The van der Waals surface area contributed by atoms with Gasteiger partial charge in [0.15, 0.2) is 0 Å². The molecule has 4 aliphatic carbocycles. The zero-order valence-corrected chi connectivity index (χ0v) is 12.8. The number of rotatable bonds is 3. The lowest BCUT2D eigenvalue weighted by Gasteiger charge is -2.61. The van der Waals surface area contributed by atoms with Crippen molar-refractivity contribution in [2.24, 2.45) is 23.7 Å². The standard InChI is InChI=1S/C19H24O2/c1-21-18(20)12-19(15-5-3-2-4-6-15)16-8-13-7-14(10-16)11-17(19)9-13/h2-6,13-14,16-17H,7-12H2,1H3. The molecule has 1 aromatic carbocycles. The smallest absolute Gasteiger partial charge is 0.306 e. The van der Waals surface area contributed by atoms with Gasteiger partial charge in [0.1, 0.15) is 0 Å². The van der Waals surface area contributed by atoms with E-state index in [0.29, 0.717) is 18.3 Å². The molecule has 112 valence electrons. The average molecular weight is 284 g/mol. The first-order valence-electron chi connectivity index (χ1n) is 8.34. The molecule has 2 nitrogen and oxygen atoms in total. The first kappa shape index (κ1) is 13.4. The molecule has 0 spiro atoms. The first-order valence-corrected chi connectivity index (χ1v) is 8.34. The lowest BCUT2D eigenvalue weighted by molar-refractivity contribution is -0.148. The van der Waals surface area contributed by atoms with Crippen LogP contribution in [0, 0.1) is 23.7 Å². The molecule has 0 atom stereocenters. The summed E-state index contributed by atoms with van der Waals surface area (Å²) in [7, 11) is 1.52. The van der Waals surface area contributed by atoms with E-state index in [9.17, 15) is 4.79 Å². The van der Waals surface area contributed by atoms with Crippen molar-refractivity contribution in [1.29, 1.82) is 0 Å². The van der Waals surface area contributed by atoms with Gasteiger partial charge in [0.05, 0.1) is 13.5 Å². The number of ether oxygens (including phenoxy) is 1. The summed E-state index contributed by atoms with van der Waals surface area (Å²) < 4.78 is 5.06. The minimum Gasteiger partial charge on any atom is -0.469 e. The van der Waals surface area contributed by atoms with E-state index in [1.54, 1.807) is 0 Å². The molecule has 4 aliphatic rings. The summed E-state index contributed by atoms with van der Waals surface area (Å²) in [5.41, 5.74) is 1.42. The zero-order valence-electron chi connectivity index (χ0n) is 12.8. The van der Waals surface area contributed by atoms with Crippen LogP contribution in [0.4, 0.5) is 0 Å². The summed E-state index contributed by atoms with van der Waals surface area (Å²) in [6.45, 7) is 0. The minimum atomic E-state index is -0.0358. The molecule has 4 bridgehead atoms. The Morgan fingerprint density at radius 2 is 1.62 bits per heavy atom. The predicted molar refractivity (Wildman–Crippen MR) is 81.8 cm³/mol. The molecule has 2 heteroatoms. The molecule has 0 radical (unpaired) electrons. The van der Waals surface area contributed by atoms with Crippen LogP contribution >= 0.6 is 0 Å². The van der Waals surface area contributed by atoms with Gasteiger partial charge in [-0.2, -0.15) is 0 Å². The fourth-order valence-electron chi connectivity index (χ4n) is 5.95. The third-order valence-corrected chi connectivity index (χ3v) is 6.57. The Morgan fingerprint density at radius 1 is 1.05 bits per heavy atom. The monoisotopic (exact) mass is 284 g/mol. The Kier molecular flexibility index (Phi) is 3.09. The molecule has 0 unspecified atom stereocenters. The Bertz CT molecular complexity index is 506. The van der Waals surface area contributed by atoms with Crippen LogP contribution in [0.15, 0.2) is 30.3 Å². The van der Waals surface area contributed by atoms with E-state index in [0.717, 1.165) is 11.8 Å². The zero-order chi connectivity index (χ0) is 14.4. The van der Waals surface area contributed by atoms with Crippen molar-refractivity contribution in [3.63, 3.8) is 0 Å². The molecular weight excluding hydrogens is 260 g/mol. The topological polar surface area (TPSA) is 26.3 Å². The number of benzene rings is 1. The second-order valence-corrected chi connectivity index (χ2v) is 7.46. The largest absolute Gasteiger partial charge is 0.469 e. The average Bonchev–Trinajstić information content (AvgIpc) is 2.51. The van der Waals surface area contributed by atoms with Crippen molar-refractivity contribution < 1.29 is 9.53 Å². The van der Waals surface area contributed by atoms with Crippen molar-refractivity contribution in [2.75, 3.05) is 7.11 Å². The Morgan fingerprint density at radius 3 is 2.14 bits per heavy atom. The van der Waals surface area contributed by atoms with Gasteiger partial charge >= 0.3 is 5.97 Å². The summed E-state index contributed by atoms with van der Waals surface area (Å²) in [6, 6.07) is 10.8. The molecule has 0 aliphatic heterocycles. The number of esters is 1. The van der Waals surface area contributed by atoms with E-state index in [4.69, 9.17) is 4.74 Å². The lowest BCUT2D eigenvalue weighted by Crippen LogP contribution is -2.56. The highest BCUT2D eigenvalue weighted by molar-refractivity contribution is 5.71. The third-order valence-electron chi connectivity index (χ3n) is 6.57. The maximum atomic E-state index is 12.2. The number of methoxy groups -OCH3 is 1. The van der Waals surface area contributed by atoms with Gasteiger partial charge < -0.3 is 4.74 Å². The number of hydrogen-bond donors (Lipinski definition) is 0. The highest BCUT2D eigenvalue weighted by atomic mass is 16.5. The third kappa shape index (κ3) is 1.95. The molecule has 0 aromatic heterocycles. The van der Waals surface area contributed by atoms with Crippen LogP contribution in [0.3, 0.4) is 0 Å². The Balaban J connectivity index is 1.79. The second kappa shape index (κ2) is 4.86. The summed E-state index contributed by atoms with van der Waals surface area (Å²) in [6.07, 6.45) is 7.29. The molecule has 4 fully saturated rings. The van der Waals surface area contributed by atoms with Crippen LogP contribution in [-0.2, 0) is 14.9 Å². The highest BCUT2D eigenvalue weighted by Gasteiger charge is 2.58. The van der Waals surface area contributed by atoms with E-state index >= 15 is 0 Å². The molecule has 21 heavy (non-hydrogen) atoms. The maximum absolute atomic E-state index is 12.2. The lowest BCUT2D eigenvalue weighted by atomic mass is 9.43. The molecule has 0 amide bonds. The SMILES string of the molecule is COC(=O)CC1(c2ccccc2)C2CC3CC(C2)CC1C3. The van der Waals surface area contributed by atoms with Crippen molar-refractivity contribution in [1.82, 2.24) is 0 Å². The van der Waals surface area contributed by atoms with Crippen LogP contribution in [0.2, 0.25) is 0 Å². The van der Waals surface area contributed by atoms with Gasteiger partial charge in [0.25, 0.3) is 0 Å². The highest BCUT2D eigenvalue weighted by Crippen LogP contribution is 2.64. The van der Waals surface area contributed by atoms with Gasteiger partial charge in [-0.3, -0.25) is 4.79 Å². The number of carbonyl (C=O) groups excluding carboxylic acids is 1. The normalized spacial score (nSPS) is 40.2. The van der Waals surface area contributed by atoms with Gasteiger partial charge in [0.2, 0.25) is 0 Å². The molecule has 0 N–H and O–H groups in total. The van der Waals surface area contributed by atoms with E-state index in [-0.39, 0.29) is 11.4 Å². The predicted octanol–water partition coefficient (Wildman–Crippen LogP) is 3.94. The molecule has 0 heterocycles. The molecule has 5 rings (SSSR count). The van der Waals surface area contributed by atoms with Gasteiger partial charge in [0, 0.05) is 5.41 Å². The quantitative estimate of drug-likeness (QED) is 0.786. The minimum absolute atomic E-state index is 0.0358. The summed E-state index contributed by atoms with van der Waals surface area (Å²) in [5.74, 6) is 3.15. The maximum Gasteiger partial charge on any atom is 0.306 e. The van der Waals surface area contributed by atoms with Crippen LogP contribution in [0.5, 0.6) is 0 Å². The van der Waals surface area contributed by atoms with E-state index < -0.39 is 0 Å². The van der Waals surface area contributed by atoms with Gasteiger partial charge in [-0.05, 0) is 61.3 Å². The number of carbonyl (C=O) groups is 1. The van der Waals surface area contributed by atoms with E-state index in [2.05, 4.69) is 30.3 Å². The Labute approximate surface area is 126 Å². The first-order chi connectivity index (χ1) is 10.2. The van der Waals surface area contributed by atoms with Gasteiger partial charge in [-0.25, -0.2) is 0 Å². The fourth-order valence-corrected chi connectivity index (χ4v) is 5.95. The summed E-state index contributed by atoms with van der Waals surface area (Å²) >= 11 is 0. The van der Waals surface area contributed by atoms with Crippen LogP contribution in [-0.4, -0.2) is 13.1 Å². The Hall–Kier alpha value is -1.31. The van der Waals surface area contributed by atoms with Crippen LogP contribution in [0.25, 0.3) is 0 Å². The fraction of sp³-hybridized carbons (Fsp3) is 0.632. The van der Waals surface area contributed by atoms with Gasteiger partial charge in [-0.1, -0.05) is 30.3 Å². The van der Waals surface area contributed by atoms with Crippen molar-refractivity contribution >= 4 is 5.97 Å². The molecular formula is C19H24O2. The van der Waals surface area contributed by atoms with Crippen LogP contribution < -0.4 is 0 Å². The molecule has 4 saturated carbocycles. The van der Waals surface area contributed by atoms with Gasteiger partial charge in [-0.15, -0.1) is 0 Å². The van der Waals surface area contributed by atoms with E-state index in [1.807, 2.05) is 0 Å². The summed E-state index contributed by atoms with van der Waals surface area (Å²) in [5, 5.41) is 0. The number of hydrogen-bond acceptors (Lipinski definition) is 2.